The Morgan fingerprint density at radius 2 is 1.79 bits per heavy atom. The molecular weight excluding hydrogens is 418 g/mol. The predicted molar refractivity (Wildman–Crippen MR) is 109 cm³/mol. The van der Waals surface area contributed by atoms with Crippen LogP contribution >= 0.6 is 11.6 Å². The summed E-state index contributed by atoms with van der Waals surface area (Å²) in [6.07, 6.45) is 1.60. The van der Waals surface area contributed by atoms with E-state index < -0.39 is 21.8 Å². The number of carbonyl (C=O) groups is 2. The van der Waals surface area contributed by atoms with E-state index in [9.17, 15) is 23.1 Å². The fourth-order valence-corrected chi connectivity index (χ4v) is 4.71. The number of hydrogen-bond acceptors (Lipinski definition) is 5. The minimum absolute atomic E-state index is 0.0207. The third-order valence-electron chi connectivity index (χ3n) is 4.47. The molecule has 154 valence electrons. The van der Waals surface area contributed by atoms with Crippen LogP contribution in [0.25, 0.3) is 0 Å². The Morgan fingerprint density at radius 1 is 1.10 bits per heavy atom. The average molecular weight is 438 g/mol. The molecule has 1 aliphatic rings. The van der Waals surface area contributed by atoms with Crippen LogP contribution in [0.2, 0.25) is 5.02 Å². The summed E-state index contributed by atoms with van der Waals surface area (Å²) >= 11 is 5.94. The van der Waals surface area contributed by atoms with E-state index in [0.717, 1.165) is 12.8 Å². The van der Waals surface area contributed by atoms with Crippen molar-refractivity contribution in [3.63, 3.8) is 0 Å². The fraction of sp³-hybridized carbons (Fsp3) is 0.263. The Hall–Kier alpha value is -2.62. The van der Waals surface area contributed by atoms with Gasteiger partial charge in [-0.25, -0.2) is 8.42 Å². The molecular formula is C19H20ClN3O5S. The van der Waals surface area contributed by atoms with Crippen LogP contribution < -0.4 is 10.6 Å². The van der Waals surface area contributed by atoms with E-state index in [1.807, 2.05) is 0 Å². The molecule has 2 aromatic carbocycles. The maximum atomic E-state index is 12.6. The van der Waals surface area contributed by atoms with Gasteiger partial charge >= 0.3 is 0 Å². The van der Waals surface area contributed by atoms with Crippen LogP contribution in [0.3, 0.4) is 0 Å². The highest BCUT2D eigenvalue weighted by Gasteiger charge is 2.28. The van der Waals surface area contributed by atoms with Crippen molar-refractivity contribution in [1.82, 2.24) is 9.62 Å². The molecule has 0 bridgehead atoms. The first-order valence-corrected chi connectivity index (χ1v) is 10.8. The van der Waals surface area contributed by atoms with Crippen molar-refractivity contribution >= 4 is 39.1 Å². The van der Waals surface area contributed by atoms with Gasteiger partial charge in [-0.15, -0.1) is 0 Å². The second-order valence-corrected chi connectivity index (χ2v) is 8.85. The zero-order chi connectivity index (χ0) is 21.0. The molecule has 0 radical (unpaired) electrons. The Balaban J connectivity index is 1.67. The SMILES string of the molecule is O=C(CNC(=O)c1ccccc1Cl)Nc1cc(S(=O)(=O)N2CCCC2)ccc1O. The van der Waals surface area contributed by atoms with Gasteiger partial charge < -0.3 is 15.7 Å². The number of phenols is 1. The quantitative estimate of drug-likeness (QED) is 0.599. The van der Waals surface area contributed by atoms with E-state index in [4.69, 9.17) is 11.6 Å². The summed E-state index contributed by atoms with van der Waals surface area (Å²) < 4.78 is 26.7. The number of nitrogens with one attached hydrogen (secondary N) is 2. The third kappa shape index (κ3) is 4.87. The Bertz CT molecular complexity index is 1040. The molecule has 0 atom stereocenters. The van der Waals surface area contributed by atoms with Gasteiger partial charge in [0.05, 0.1) is 27.7 Å². The van der Waals surface area contributed by atoms with Crippen LogP contribution in [0.1, 0.15) is 23.2 Å². The van der Waals surface area contributed by atoms with Crippen LogP contribution in [-0.2, 0) is 14.8 Å². The number of sulfonamides is 1. The maximum Gasteiger partial charge on any atom is 0.253 e. The number of carbonyl (C=O) groups excluding carboxylic acids is 2. The van der Waals surface area contributed by atoms with Crippen molar-refractivity contribution in [2.45, 2.75) is 17.7 Å². The summed E-state index contributed by atoms with van der Waals surface area (Å²) in [6, 6.07) is 10.1. The van der Waals surface area contributed by atoms with Crippen molar-refractivity contribution in [2.75, 3.05) is 25.0 Å². The lowest BCUT2D eigenvalue weighted by Gasteiger charge is -2.16. The summed E-state index contributed by atoms with van der Waals surface area (Å²) in [4.78, 5) is 24.3. The lowest BCUT2D eigenvalue weighted by Crippen LogP contribution is -2.33. The Morgan fingerprint density at radius 3 is 2.48 bits per heavy atom. The van der Waals surface area contributed by atoms with E-state index in [1.165, 1.54) is 28.6 Å². The van der Waals surface area contributed by atoms with Crippen LogP contribution in [0.4, 0.5) is 5.69 Å². The highest BCUT2D eigenvalue weighted by molar-refractivity contribution is 7.89. The molecule has 0 aromatic heterocycles. The van der Waals surface area contributed by atoms with Gasteiger partial charge in [0.15, 0.2) is 0 Å². The highest BCUT2D eigenvalue weighted by atomic mass is 35.5. The minimum atomic E-state index is -3.69. The standard InChI is InChI=1S/C19H20ClN3O5S/c20-15-6-2-1-5-14(15)19(26)21-12-18(25)22-16-11-13(7-8-17(16)24)29(27,28)23-9-3-4-10-23/h1-2,5-8,11,24H,3-4,9-10,12H2,(H,21,26)(H,22,25). The summed E-state index contributed by atoms with van der Waals surface area (Å²) in [5.41, 5.74) is 0.172. The number of hydrogen-bond donors (Lipinski definition) is 3. The van der Waals surface area contributed by atoms with Gasteiger partial charge in [0.25, 0.3) is 5.91 Å². The Kier molecular flexibility index (Phi) is 6.41. The van der Waals surface area contributed by atoms with E-state index >= 15 is 0 Å². The monoisotopic (exact) mass is 437 g/mol. The molecule has 1 aliphatic heterocycles. The number of rotatable bonds is 6. The highest BCUT2D eigenvalue weighted by Crippen LogP contribution is 2.29. The molecule has 1 saturated heterocycles. The zero-order valence-corrected chi connectivity index (χ0v) is 17.0. The summed E-state index contributed by atoms with van der Waals surface area (Å²) in [5.74, 6) is -1.44. The number of anilines is 1. The molecule has 0 saturated carbocycles. The predicted octanol–water partition coefficient (Wildman–Crippen LogP) is 2.20. The second kappa shape index (κ2) is 8.81. The summed E-state index contributed by atoms with van der Waals surface area (Å²) in [5, 5.41) is 15.1. The first kappa shape index (κ1) is 21.1. The van der Waals surface area contributed by atoms with Gasteiger partial charge in [-0.2, -0.15) is 4.31 Å². The van der Waals surface area contributed by atoms with E-state index in [2.05, 4.69) is 10.6 Å². The molecule has 2 aromatic rings. The lowest BCUT2D eigenvalue weighted by atomic mass is 10.2. The van der Waals surface area contributed by atoms with Crippen LogP contribution in [0.5, 0.6) is 5.75 Å². The van der Waals surface area contributed by atoms with Gasteiger partial charge in [-0.05, 0) is 43.2 Å². The van der Waals surface area contributed by atoms with Crippen LogP contribution in [-0.4, -0.2) is 49.3 Å². The molecule has 0 aliphatic carbocycles. The van der Waals surface area contributed by atoms with Crippen molar-refractivity contribution in [3.8, 4) is 5.75 Å². The van der Waals surface area contributed by atoms with E-state index in [1.54, 1.807) is 18.2 Å². The molecule has 3 N–H and O–H groups in total. The summed E-state index contributed by atoms with van der Waals surface area (Å²) in [7, 11) is -3.69. The number of halogens is 1. The van der Waals surface area contributed by atoms with Gasteiger partial charge in [-0.3, -0.25) is 9.59 Å². The normalized spacial score (nSPS) is 14.5. The smallest absolute Gasteiger partial charge is 0.253 e. The molecule has 1 fully saturated rings. The molecule has 29 heavy (non-hydrogen) atoms. The van der Waals surface area contributed by atoms with Crippen LogP contribution in [0.15, 0.2) is 47.4 Å². The fourth-order valence-electron chi connectivity index (χ4n) is 2.95. The third-order valence-corrected chi connectivity index (χ3v) is 6.70. The zero-order valence-electron chi connectivity index (χ0n) is 15.4. The number of nitrogens with zero attached hydrogens (tertiary/aromatic N) is 1. The minimum Gasteiger partial charge on any atom is -0.506 e. The number of amides is 2. The van der Waals surface area contributed by atoms with Crippen molar-refractivity contribution in [2.24, 2.45) is 0 Å². The van der Waals surface area contributed by atoms with E-state index in [0.29, 0.717) is 13.1 Å². The van der Waals surface area contributed by atoms with E-state index in [-0.39, 0.29) is 33.5 Å². The largest absolute Gasteiger partial charge is 0.506 e. The maximum absolute atomic E-state index is 12.6. The molecule has 0 unspecified atom stereocenters. The molecule has 10 heteroatoms. The van der Waals surface area contributed by atoms with Gasteiger partial charge in [-0.1, -0.05) is 23.7 Å². The van der Waals surface area contributed by atoms with Crippen molar-refractivity contribution < 1.29 is 23.1 Å². The molecule has 8 nitrogen and oxygen atoms in total. The number of benzene rings is 2. The number of phenolic OH excluding ortho intramolecular Hbond substituents is 1. The average Bonchev–Trinajstić information content (AvgIpc) is 3.24. The van der Waals surface area contributed by atoms with Gasteiger partial charge in [0, 0.05) is 13.1 Å². The molecule has 1 heterocycles. The van der Waals surface area contributed by atoms with Crippen molar-refractivity contribution in [3.05, 3.63) is 53.1 Å². The Labute approximate surface area is 173 Å². The first-order chi connectivity index (χ1) is 13.8. The van der Waals surface area contributed by atoms with Gasteiger partial charge in [0.2, 0.25) is 15.9 Å². The molecule has 2 amide bonds. The van der Waals surface area contributed by atoms with Crippen molar-refractivity contribution in [1.29, 1.82) is 0 Å². The molecule has 0 spiro atoms. The molecule has 3 rings (SSSR count). The number of aromatic hydroxyl groups is 1. The first-order valence-electron chi connectivity index (χ1n) is 8.95. The van der Waals surface area contributed by atoms with Crippen LogP contribution in [0, 0.1) is 0 Å². The topological polar surface area (TPSA) is 116 Å². The second-order valence-electron chi connectivity index (χ2n) is 6.50. The lowest BCUT2D eigenvalue weighted by molar-refractivity contribution is -0.115. The summed E-state index contributed by atoms with van der Waals surface area (Å²) in [6.45, 7) is 0.505. The van der Waals surface area contributed by atoms with Gasteiger partial charge in [0.1, 0.15) is 5.75 Å².